The third-order valence-corrected chi connectivity index (χ3v) is 1.65. The van der Waals surface area contributed by atoms with Crippen LogP contribution in [0.1, 0.15) is 18.0 Å². The summed E-state index contributed by atoms with van der Waals surface area (Å²) in [6.45, 7) is 0. The molecule has 0 saturated heterocycles. The number of carboxylic acid groups (broad SMARTS) is 1. The van der Waals surface area contributed by atoms with Crippen molar-refractivity contribution in [2.75, 3.05) is 0 Å². The molecule has 3 nitrogen and oxygen atoms in total. The summed E-state index contributed by atoms with van der Waals surface area (Å²) in [5.74, 6) is 0.303. The van der Waals surface area contributed by atoms with E-state index in [2.05, 4.69) is 10.9 Å². The number of carboxylic acids is 1. The molecule has 0 aromatic carbocycles. The van der Waals surface area contributed by atoms with E-state index in [0.717, 1.165) is 0 Å². The van der Waals surface area contributed by atoms with E-state index < -0.39 is 11.9 Å². The molecule has 0 N–H and O–H groups in total. The zero-order valence-corrected chi connectivity index (χ0v) is 9.93. The minimum absolute atomic E-state index is 0. The minimum atomic E-state index is -1.18. The third kappa shape index (κ3) is 3.51. The average Bonchev–Trinajstić information content (AvgIpc) is 2.15. The molecule has 1 aromatic heterocycles. The van der Waals surface area contributed by atoms with E-state index in [4.69, 9.17) is 6.42 Å². The summed E-state index contributed by atoms with van der Waals surface area (Å²) in [7, 11) is 0. The Morgan fingerprint density at radius 1 is 1.64 bits per heavy atom. The van der Waals surface area contributed by atoms with Crippen molar-refractivity contribution in [1.82, 2.24) is 4.98 Å². The number of hydrogen-bond acceptors (Lipinski definition) is 3. The standard InChI is InChI=1S/C10H9NO2.Na/c1-2-5-8(10(12)13)9-6-3-4-7-11-9;/h1,3-4,6-8H,5H2,(H,12,13);/q;+1/p-1. The molecule has 0 aliphatic rings. The van der Waals surface area contributed by atoms with Crippen molar-refractivity contribution in [3.8, 4) is 12.3 Å². The van der Waals surface area contributed by atoms with Gasteiger partial charge in [-0.05, 0) is 12.1 Å². The van der Waals surface area contributed by atoms with Gasteiger partial charge in [0, 0.05) is 18.3 Å². The van der Waals surface area contributed by atoms with E-state index in [0.29, 0.717) is 5.69 Å². The molecule has 4 heteroatoms. The Labute approximate surface area is 105 Å². The Bertz CT molecular complexity index is 332. The van der Waals surface area contributed by atoms with Crippen LogP contribution in [0.2, 0.25) is 0 Å². The number of pyridine rings is 1. The quantitative estimate of drug-likeness (QED) is 0.382. The summed E-state index contributed by atoms with van der Waals surface area (Å²) >= 11 is 0. The van der Waals surface area contributed by atoms with Gasteiger partial charge in [-0.15, -0.1) is 12.3 Å². The largest absolute Gasteiger partial charge is 1.00 e. The van der Waals surface area contributed by atoms with E-state index >= 15 is 0 Å². The van der Waals surface area contributed by atoms with Gasteiger partial charge in [-0.25, -0.2) is 0 Å². The third-order valence-electron chi connectivity index (χ3n) is 1.65. The van der Waals surface area contributed by atoms with Crippen LogP contribution in [0.5, 0.6) is 0 Å². The first-order valence-electron chi connectivity index (χ1n) is 3.81. The second-order valence-electron chi connectivity index (χ2n) is 2.53. The molecule has 1 heterocycles. The summed E-state index contributed by atoms with van der Waals surface area (Å²) in [5.41, 5.74) is 0.445. The molecule has 1 atom stereocenters. The Morgan fingerprint density at radius 2 is 2.36 bits per heavy atom. The Balaban J connectivity index is 0.00000169. The van der Waals surface area contributed by atoms with Crippen LogP contribution in [0.3, 0.4) is 0 Å². The van der Waals surface area contributed by atoms with Gasteiger partial charge in [-0.2, -0.15) is 0 Å². The Morgan fingerprint density at radius 3 is 2.79 bits per heavy atom. The number of aromatic nitrogens is 1. The van der Waals surface area contributed by atoms with Crippen LogP contribution in [-0.4, -0.2) is 11.0 Å². The van der Waals surface area contributed by atoms with E-state index in [-0.39, 0.29) is 36.0 Å². The molecule has 0 fully saturated rings. The summed E-state index contributed by atoms with van der Waals surface area (Å²) in [6, 6.07) is 5.05. The van der Waals surface area contributed by atoms with Crippen LogP contribution in [0.15, 0.2) is 24.4 Å². The van der Waals surface area contributed by atoms with Crippen LogP contribution in [0.4, 0.5) is 0 Å². The van der Waals surface area contributed by atoms with Gasteiger partial charge >= 0.3 is 29.6 Å². The maximum absolute atomic E-state index is 10.6. The van der Waals surface area contributed by atoms with E-state index in [1.807, 2.05) is 0 Å². The van der Waals surface area contributed by atoms with Crippen molar-refractivity contribution in [1.29, 1.82) is 0 Å². The fourth-order valence-corrected chi connectivity index (χ4v) is 1.01. The molecule has 0 amide bonds. The van der Waals surface area contributed by atoms with Crippen LogP contribution in [0, 0.1) is 12.3 Å². The van der Waals surface area contributed by atoms with Crippen molar-refractivity contribution >= 4 is 5.97 Å². The van der Waals surface area contributed by atoms with Gasteiger partial charge in [0.1, 0.15) is 0 Å². The monoisotopic (exact) mass is 197 g/mol. The summed E-state index contributed by atoms with van der Waals surface area (Å²) in [6.07, 6.45) is 6.68. The number of rotatable bonds is 3. The molecule has 0 aliphatic heterocycles. The molecular formula is C10H8NNaO2. The number of carbonyl (C=O) groups is 1. The van der Waals surface area contributed by atoms with Crippen molar-refractivity contribution in [3.05, 3.63) is 30.1 Å². The Kier molecular flexibility index (Phi) is 6.22. The number of nitrogens with zero attached hydrogens (tertiary/aromatic N) is 1. The van der Waals surface area contributed by atoms with Gasteiger partial charge in [-0.1, -0.05) is 6.07 Å². The van der Waals surface area contributed by atoms with Gasteiger partial charge in [0.25, 0.3) is 0 Å². The van der Waals surface area contributed by atoms with Gasteiger partial charge < -0.3 is 9.90 Å². The van der Waals surface area contributed by atoms with Crippen molar-refractivity contribution < 1.29 is 39.5 Å². The zero-order valence-electron chi connectivity index (χ0n) is 7.93. The molecule has 66 valence electrons. The van der Waals surface area contributed by atoms with E-state index in [9.17, 15) is 9.90 Å². The van der Waals surface area contributed by atoms with E-state index in [1.54, 1.807) is 18.2 Å². The van der Waals surface area contributed by atoms with Crippen molar-refractivity contribution in [3.63, 3.8) is 0 Å². The first-order chi connectivity index (χ1) is 6.25. The molecule has 0 saturated carbocycles. The Hall–Kier alpha value is -0.820. The number of hydrogen-bond donors (Lipinski definition) is 0. The van der Waals surface area contributed by atoms with Crippen LogP contribution in [-0.2, 0) is 4.79 Å². The SMILES string of the molecule is C#CCC(C(=O)[O-])c1ccccn1.[Na+]. The number of terminal acetylenes is 1. The zero-order chi connectivity index (χ0) is 9.68. The molecule has 1 aromatic rings. The van der Waals surface area contributed by atoms with Gasteiger partial charge in [0.05, 0.1) is 11.9 Å². The predicted molar refractivity (Wildman–Crippen MR) is 45.4 cm³/mol. The summed E-state index contributed by atoms with van der Waals surface area (Å²) in [4.78, 5) is 14.5. The maximum Gasteiger partial charge on any atom is 1.00 e. The summed E-state index contributed by atoms with van der Waals surface area (Å²) < 4.78 is 0. The smallest absolute Gasteiger partial charge is 0.549 e. The molecule has 0 aliphatic carbocycles. The first kappa shape index (κ1) is 13.2. The number of aliphatic carboxylic acids is 1. The van der Waals surface area contributed by atoms with Crippen molar-refractivity contribution in [2.45, 2.75) is 12.3 Å². The maximum atomic E-state index is 10.6. The van der Waals surface area contributed by atoms with Crippen LogP contribution < -0.4 is 34.7 Å². The van der Waals surface area contributed by atoms with Crippen molar-refractivity contribution in [2.24, 2.45) is 0 Å². The molecule has 0 radical (unpaired) electrons. The fourth-order valence-electron chi connectivity index (χ4n) is 1.01. The fraction of sp³-hybridized carbons (Fsp3) is 0.200. The molecular weight excluding hydrogens is 189 g/mol. The topological polar surface area (TPSA) is 53.0 Å². The second-order valence-corrected chi connectivity index (χ2v) is 2.53. The van der Waals surface area contributed by atoms with Crippen LogP contribution >= 0.6 is 0 Å². The average molecular weight is 197 g/mol. The molecule has 0 bridgehead atoms. The van der Waals surface area contributed by atoms with Gasteiger partial charge in [0.15, 0.2) is 0 Å². The summed E-state index contributed by atoms with van der Waals surface area (Å²) in [5, 5.41) is 10.6. The minimum Gasteiger partial charge on any atom is -0.549 e. The molecule has 0 spiro atoms. The predicted octanol–water partition coefficient (Wildman–Crippen LogP) is -3.06. The first-order valence-corrected chi connectivity index (χ1v) is 3.81. The normalized spacial score (nSPS) is 10.8. The van der Waals surface area contributed by atoms with Gasteiger partial charge in [-0.3, -0.25) is 4.98 Å². The number of carbonyl (C=O) groups excluding carboxylic acids is 1. The second kappa shape index (κ2) is 6.61. The molecule has 1 unspecified atom stereocenters. The van der Waals surface area contributed by atoms with Crippen LogP contribution in [0.25, 0.3) is 0 Å². The van der Waals surface area contributed by atoms with Gasteiger partial charge in [0.2, 0.25) is 0 Å². The van der Waals surface area contributed by atoms with E-state index in [1.165, 1.54) is 6.20 Å². The molecule has 14 heavy (non-hydrogen) atoms. The molecule has 1 rings (SSSR count).